The molecule has 6 nitrogen and oxygen atoms in total. The Kier molecular flexibility index (Phi) is 7.16. The molecule has 1 heterocycles. The minimum absolute atomic E-state index is 0.122. The Hall–Kier alpha value is -2.09. The molecule has 0 unspecified atom stereocenters. The van der Waals surface area contributed by atoms with Crippen molar-refractivity contribution < 1.29 is 13.2 Å². The highest BCUT2D eigenvalue weighted by molar-refractivity contribution is 7.89. The van der Waals surface area contributed by atoms with Crippen LogP contribution in [0.25, 0.3) is 0 Å². The molecular weight excluding hydrogens is 410 g/mol. The summed E-state index contributed by atoms with van der Waals surface area (Å²) < 4.78 is 27.6. The fraction of sp³-hybridized carbons (Fsp3) is 0.381. The van der Waals surface area contributed by atoms with E-state index in [4.69, 9.17) is 11.6 Å². The Morgan fingerprint density at radius 2 is 1.83 bits per heavy atom. The van der Waals surface area contributed by atoms with Gasteiger partial charge in [-0.1, -0.05) is 48.4 Å². The van der Waals surface area contributed by atoms with Crippen LogP contribution in [0.2, 0.25) is 5.02 Å². The summed E-state index contributed by atoms with van der Waals surface area (Å²) in [5.41, 5.74) is 1.46. The zero-order chi connectivity index (χ0) is 20.9. The lowest BCUT2D eigenvalue weighted by atomic mass is 10.1. The van der Waals surface area contributed by atoms with E-state index in [0.717, 1.165) is 24.8 Å². The molecule has 1 aliphatic rings. The highest BCUT2D eigenvalue weighted by Gasteiger charge is 2.27. The van der Waals surface area contributed by atoms with Gasteiger partial charge < -0.3 is 10.6 Å². The van der Waals surface area contributed by atoms with Crippen LogP contribution in [0.5, 0.6) is 0 Å². The maximum atomic E-state index is 13.0. The lowest BCUT2D eigenvalue weighted by Gasteiger charge is -2.27. The molecule has 0 aromatic heterocycles. The minimum Gasteiger partial charge on any atom is -0.334 e. The van der Waals surface area contributed by atoms with Gasteiger partial charge in [0, 0.05) is 24.7 Å². The third-order valence-corrected chi connectivity index (χ3v) is 7.28. The van der Waals surface area contributed by atoms with Crippen molar-refractivity contribution in [2.24, 2.45) is 0 Å². The number of benzene rings is 2. The molecule has 2 aromatic carbocycles. The van der Waals surface area contributed by atoms with Gasteiger partial charge in [0.1, 0.15) is 0 Å². The maximum Gasteiger partial charge on any atom is 0.315 e. The number of urea groups is 1. The summed E-state index contributed by atoms with van der Waals surface area (Å²) in [4.78, 5) is 12.6. The van der Waals surface area contributed by atoms with Gasteiger partial charge in [0.15, 0.2) is 0 Å². The van der Waals surface area contributed by atoms with Crippen molar-refractivity contribution in [3.05, 3.63) is 64.7 Å². The van der Waals surface area contributed by atoms with Crippen LogP contribution < -0.4 is 10.6 Å². The molecule has 2 aromatic rings. The first-order chi connectivity index (χ1) is 13.9. The van der Waals surface area contributed by atoms with Gasteiger partial charge in [0.05, 0.1) is 10.9 Å². The van der Waals surface area contributed by atoms with Gasteiger partial charge in [-0.25, -0.2) is 13.2 Å². The molecule has 29 heavy (non-hydrogen) atoms. The zero-order valence-electron chi connectivity index (χ0n) is 16.4. The molecule has 8 heteroatoms. The Bertz CT molecular complexity index is 959. The molecule has 3 rings (SSSR count). The number of amides is 2. The van der Waals surface area contributed by atoms with E-state index in [0.29, 0.717) is 23.7 Å². The SMILES string of the molecule is C[C@@H](NC(=O)NCc1ccccc1S(=O)(=O)N1CCCCC1)c1cccc(Cl)c1. The maximum absolute atomic E-state index is 13.0. The fourth-order valence-electron chi connectivity index (χ4n) is 3.43. The van der Waals surface area contributed by atoms with E-state index in [1.807, 2.05) is 19.1 Å². The highest BCUT2D eigenvalue weighted by atomic mass is 35.5. The van der Waals surface area contributed by atoms with E-state index < -0.39 is 10.0 Å². The molecule has 1 fully saturated rings. The number of sulfonamides is 1. The van der Waals surface area contributed by atoms with E-state index in [2.05, 4.69) is 10.6 Å². The number of piperidine rings is 1. The van der Waals surface area contributed by atoms with Gasteiger partial charge in [-0.3, -0.25) is 0 Å². The van der Waals surface area contributed by atoms with E-state index in [1.54, 1.807) is 36.4 Å². The van der Waals surface area contributed by atoms with Crippen molar-refractivity contribution in [1.29, 1.82) is 0 Å². The quantitative estimate of drug-likeness (QED) is 0.717. The predicted molar refractivity (Wildman–Crippen MR) is 114 cm³/mol. The van der Waals surface area contributed by atoms with Gasteiger partial charge in [-0.15, -0.1) is 0 Å². The summed E-state index contributed by atoms with van der Waals surface area (Å²) in [5.74, 6) is 0. The van der Waals surface area contributed by atoms with Crippen molar-refractivity contribution in [2.75, 3.05) is 13.1 Å². The summed E-state index contributed by atoms with van der Waals surface area (Å²) in [6, 6.07) is 13.5. The Morgan fingerprint density at radius 3 is 2.55 bits per heavy atom. The highest BCUT2D eigenvalue weighted by Crippen LogP contribution is 2.23. The number of rotatable bonds is 6. The number of hydrogen-bond donors (Lipinski definition) is 2. The average Bonchev–Trinajstić information content (AvgIpc) is 2.73. The molecule has 1 saturated heterocycles. The van der Waals surface area contributed by atoms with Gasteiger partial charge in [0.2, 0.25) is 10.0 Å². The van der Waals surface area contributed by atoms with Crippen LogP contribution in [0, 0.1) is 0 Å². The first kappa shape index (κ1) is 21.6. The van der Waals surface area contributed by atoms with Crippen molar-refractivity contribution in [3.8, 4) is 0 Å². The van der Waals surface area contributed by atoms with Gasteiger partial charge in [-0.2, -0.15) is 4.31 Å². The normalized spacial score (nSPS) is 16.2. The Morgan fingerprint density at radius 1 is 1.10 bits per heavy atom. The number of nitrogens with one attached hydrogen (secondary N) is 2. The van der Waals surface area contributed by atoms with Crippen LogP contribution in [0.15, 0.2) is 53.4 Å². The van der Waals surface area contributed by atoms with Crippen LogP contribution in [-0.2, 0) is 16.6 Å². The third kappa shape index (κ3) is 5.50. The number of carbonyl (C=O) groups is 1. The lowest BCUT2D eigenvalue weighted by molar-refractivity contribution is 0.237. The fourth-order valence-corrected chi connectivity index (χ4v) is 5.37. The number of nitrogens with zero attached hydrogens (tertiary/aromatic N) is 1. The molecule has 0 aliphatic carbocycles. The molecule has 1 atom stereocenters. The zero-order valence-corrected chi connectivity index (χ0v) is 18.0. The van der Waals surface area contributed by atoms with E-state index in [1.165, 1.54) is 4.31 Å². The van der Waals surface area contributed by atoms with Crippen molar-refractivity contribution in [2.45, 2.75) is 43.7 Å². The molecular formula is C21H26ClN3O3S. The Balaban J connectivity index is 1.66. The molecule has 156 valence electrons. The summed E-state index contributed by atoms with van der Waals surface area (Å²) in [6.45, 7) is 3.07. The molecule has 1 aliphatic heterocycles. The number of hydrogen-bond acceptors (Lipinski definition) is 3. The lowest BCUT2D eigenvalue weighted by Crippen LogP contribution is -2.38. The third-order valence-electron chi connectivity index (χ3n) is 5.04. The largest absolute Gasteiger partial charge is 0.334 e. The topological polar surface area (TPSA) is 78.5 Å². The van der Waals surface area contributed by atoms with Crippen LogP contribution >= 0.6 is 11.6 Å². The summed E-state index contributed by atoms with van der Waals surface area (Å²) in [6.07, 6.45) is 2.81. The molecule has 2 N–H and O–H groups in total. The van der Waals surface area contributed by atoms with Gasteiger partial charge in [-0.05, 0) is 49.1 Å². The van der Waals surface area contributed by atoms with Crippen LogP contribution in [-0.4, -0.2) is 31.8 Å². The van der Waals surface area contributed by atoms with E-state index >= 15 is 0 Å². The van der Waals surface area contributed by atoms with E-state index in [9.17, 15) is 13.2 Å². The van der Waals surface area contributed by atoms with Crippen LogP contribution in [0.3, 0.4) is 0 Å². The first-order valence-corrected chi connectivity index (χ1v) is 11.6. The molecule has 0 radical (unpaired) electrons. The Labute approximate surface area is 177 Å². The number of carbonyl (C=O) groups excluding carboxylic acids is 1. The molecule has 0 bridgehead atoms. The van der Waals surface area contributed by atoms with Gasteiger partial charge >= 0.3 is 6.03 Å². The molecule has 2 amide bonds. The summed E-state index contributed by atoms with van der Waals surface area (Å²) in [7, 11) is -3.56. The smallest absolute Gasteiger partial charge is 0.315 e. The van der Waals surface area contributed by atoms with Crippen molar-refractivity contribution in [3.63, 3.8) is 0 Å². The van der Waals surface area contributed by atoms with E-state index in [-0.39, 0.29) is 23.5 Å². The second-order valence-corrected chi connectivity index (χ2v) is 9.52. The first-order valence-electron chi connectivity index (χ1n) is 9.76. The summed E-state index contributed by atoms with van der Waals surface area (Å²) in [5, 5.41) is 6.22. The second kappa shape index (κ2) is 9.61. The number of halogens is 1. The van der Waals surface area contributed by atoms with Crippen LogP contribution in [0.1, 0.15) is 43.4 Å². The molecule has 0 saturated carbocycles. The predicted octanol–water partition coefficient (Wildman–Crippen LogP) is 4.08. The standard InChI is InChI=1S/C21H26ClN3O3S/c1-16(17-9-7-10-19(22)14-17)24-21(26)23-15-18-8-3-4-11-20(18)29(27,28)25-12-5-2-6-13-25/h3-4,7-11,14,16H,2,5-6,12-13,15H2,1H3,(H2,23,24,26)/t16-/m1/s1. The second-order valence-electron chi connectivity index (χ2n) is 7.18. The van der Waals surface area contributed by atoms with Crippen molar-refractivity contribution in [1.82, 2.24) is 14.9 Å². The van der Waals surface area contributed by atoms with Gasteiger partial charge in [0.25, 0.3) is 0 Å². The van der Waals surface area contributed by atoms with Crippen LogP contribution in [0.4, 0.5) is 4.79 Å². The minimum atomic E-state index is -3.56. The van der Waals surface area contributed by atoms with Crippen molar-refractivity contribution >= 4 is 27.7 Å². The average molecular weight is 436 g/mol. The monoisotopic (exact) mass is 435 g/mol. The summed E-state index contributed by atoms with van der Waals surface area (Å²) >= 11 is 6.00. The molecule has 0 spiro atoms.